The van der Waals surface area contributed by atoms with E-state index in [1.54, 1.807) is 0 Å². The van der Waals surface area contributed by atoms with E-state index in [1.165, 1.54) is 11.3 Å². The summed E-state index contributed by atoms with van der Waals surface area (Å²) in [6.07, 6.45) is 2.59. The van der Waals surface area contributed by atoms with Crippen LogP contribution in [0.1, 0.15) is 42.7 Å². The zero-order valence-corrected chi connectivity index (χ0v) is 12.7. The van der Waals surface area contributed by atoms with Crippen molar-refractivity contribution in [2.24, 2.45) is 0 Å². The molecule has 3 heteroatoms. The second kappa shape index (κ2) is 5.86. The molecule has 0 bridgehead atoms. The number of rotatable bonds is 3. The summed E-state index contributed by atoms with van der Waals surface area (Å²) in [5, 5.41) is 10.0. The molecule has 2 aromatic rings. The quantitative estimate of drug-likeness (QED) is 0.927. The molecule has 1 atom stereocenters. The number of aliphatic hydroxyl groups excluding tert-OH is 1. The summed E-state index contributed by atoms with van der Waals surface area (Å²) in [5.41, 5.74) is 4.51. The maximum atomic E-state index is 10.0. The first-order chi connectivity index (χ1) is 10.2. The molecule has 0 unspecified atom stereocenters. The van der Waals surface area contributed by atoms with Gasteiger partial charge in [0, 0.05) is 23.5 Å². The fourth-order valence-corrected chi connectivity index (χ4v) is 3.05. The van der Waals surface area contributed by atoms with Gasteiger partial charge in [0.15, 0.2) is 0 Å². The van der Waals surface area contributed by atoms with Gasteiger partial charge in [0.05, 0.1) is 6.10 Å². The first kappa shape index (κ1) is 14.1. The fraction of sp³-hybridized carbons (Fsp3) is 0.389. The van der Waals surface area contributed by atoms with Crippen LogP contribution in [0.15, 0.2) is 36.4 Å². The molecular formula is C18H22N2O. The summed E-state index contributed by atoms with van der Waals surface area (Å²) in [7, 11) is 0. The largest absolute Gasteiger partial charge is 0.388 e. The predicted octanol–water partition coefficient (Wildman–Crippen LogP) is 3.92. The molecule has 0 amide bonds. The Kier molecular flexibility index (Phi) is 3.93. The zero-order valence-electron chi connectivity index (χ0n) is 12.7. The average molecular weight is 282 g/mol. The van der Waals surface area contributed by atoms with Gasteiger partial charge in [-0.2, -0.15) is 0 Å². The van der Waals surface area contributed by atoms with Crippen LogP contribution in [0, 0.1) is 6.92 Å². The molecule has 2 heterocycles. The Balaban J connectivity index is 1.97. The second-order valence-corrected chi connectivity index (χ2v) is 5.65. The third kappa shape index (κ3) is 2.66. The van der Waals surface area contributed by atoms with Crippen LogP contribution in [0.2, 0.25) is 0 Å². The maximum Gasteiger partial charge on any atom is 0.133 e. The molecule has 1 aromatic heterocycles. The van der Waals surface area contributed by atoms with Crippen LogP contribution >= 0.6 is 0 Å². The Morgan fingerprint density at radius 1 is 1.24 bits per heavy atom. The van der Waals surface area contributed by atoms with E-state index in [0.717, 1.165) is 36.5 Å². The fourth-order valence-electron chi connectivity index (χ4n) is 3.05. The molecule has 0 saturated carbocycles. The van der Waals surface area contributed by atoms with Crippen molar-refractivity contribution in [3.63, 3.8) is 0 Å². The Morgan fingerprint density at radius 3 is 2.81 bits per heavy atom. The number of aromatic nitrogens is 1. The molecule has 0 fully saturated rings. The predicted molar refractivity (Wildman–Crippen MR) is 86.0 cm³/mol. The van der Waals surface area contributed by atoms with E-state index in [-0.39, 0.29) is 0 Å². The third-order valence-corrected chi connectivity index (χ3v) is 4.24. The lowest BCUT2D eigenvalue weighted by molar-refractivity contribution is 0.172. The third-order valence-electron chi connectivity index (χ3n) is 4.24. The number of anilines is 2. The highest BCUT2D eigenvalue weighted by Crippen LogP contribution is 2.33. The number of hydrogen-bond acceptors (Lipinski definition) is 3. The van der Waals surface area contributed by atoms with E-state index in [2.05, 4.69) is 29.2 Å². The van der Waals surface area contributed by atoms with Crippen LogP contribution in [0.4, 0.5) is 11.5 Å². The number of pyridine rings is 1. The van der Waals surface area contributed by atoms with Gasteiger partial charge in [0.1, 0.15) is 5.82 Å². The number of aliphatic hydroxyl groups is 1. The molecule has 1 aliphatic rings. The highest BCUT2D eigenvalue weighted by Gasteiger charge is 2.19. The molecule has 0 saturated heterocycles. The molecule has 1 N–H and O–H groups in total. The summed E-state index contributed by atoms with van der Waals surface area (Å²) in [4.78, 5) is 7.02. The minimum Gasteiger partial charge on any atom is -0.388 e. The van der Waals surface area contributed by atoms with Gasteiger partial charge in [-0.05, 0) is 43.9 Å². The smallest absolute Gasteiger partial charge is 0.133 e. The molecule has 1 aromatic carbocycles. The van der Waals surface area contributed by atoms with Crippen molar-refractivity contribution >= 4 is 11.5 Å². The van der Waals surface area contributed by atoms with Gasteiger partial charge in [0.2, 0.25) is 0 Å². The standard InChI is InChI=1S/C18H22N2O/c1-3-17(21)15-10-11-18(19-13(15)2)20-12-6-8-14-7-4-5-9-16(14)20/h4-5,7,9-11,17,21H,3,6,8,12H2,1-2H3/t17-/m0/s1. The SMILES string of the molecule is CC[C@H](O)c1ccc(N2CCCc3ccccc32)nc1C. The Hall–Kier alpha value is -1.87. The number of fused-ring (bicyclic) bond motifs is 1. The van der Waals surface area contributed by atoms with Crippen molar-refractivity contribution in [2.45, 2.75) is 39.2 Å². The van der Waals surface area contributed by atoms with Crippen LogP contribution in [-0.4, -0.2) is 16.6 Å². The van der Waals surface area contributed by atoms with Crippen LogP contribution in [0.3, 0.4) is 0 Å². The molecule has 0 spiro atoms. The van der Waals surface area contributed by atoms with Crippen molar-refractivity contribution in [2.75, 3.05) is 11.4 Å². The summed E-state index contributed by atoms with van der Waals surface area (Å²) < 4.78 is 0. The molecule has 110 valence electrons. The van der Waals surface area contributed by atoms with Gasteiger partial charge in [-0.1, -0.05) is 31.2 Å². The second-order valence-electron chi connectivity index (χ2n) is 5.65. The van der Waals surface area contributed by atoms with Crippen molar-refractivity contribution in [1.82, 2.24) is 4.98 Å². The van der Waals surface area contributed by atoms with E-state index in [1.807, 2.05) is 26.0 Å². The normalized spacial score (nSPS) is 15.7. The Morgan fingerprint density at radius 2 is 2.05 bits per heavy atom. The van der Waals surface area contributed by atoms with Crippen molar-refractivity contribution in [3.05, 3.63) is 53.2 Å². The summed E-state index contributed by atoms with van der Waals surface area (Å²) >= 11 is 0. The summed E-state index contributed by atoms with van der Waals surface area (Å²) in [6, 6.07) is 12.6. The van der Waals surface area contributed by atoms with Gasteiger partial charge < -0.3 is 10.0 Å². The Bertz CT molecular complexity index is 639. The van der Waals surface area contributed by atoms with Gasteiger partial charge in [0.25, 0.3) is 0 Å². The molecule has 3 rings (SSSR count). The van der Waals surface area contributed by atoms with E-state index < -0.39 is 6.10 Å². The van der Waals surface area contributed by atoms with E-state index in [0.29, 0.717) is 6.42 Å². The van der Waals surface area contributed by atoms with E-state index >= 15 is 0 Å². The number of nitrogens with zero attached hydrogens (tertiary/aromatic N) is 2. The van der Waals surface area contributed by atoms with Gasteiger partial charge in [-0.15, -0.1) is 0 Å². The Labute approximate surface area is 126 Å². The number of benzene rings is 1. The van der Waals surface area contributed by atoms with Crippen molar-refractivity contribution < 1.29 is 5.11 Å². The average Bonchev–Trinajstić information content (AvgIpc) is 2.53. The highest BCUT2D eigenvalue weighted by atomic mass is 16.3. The lowest BCUT2D eigenvalue weighted by Gasteiger charge is -2.31. The van der Waals surface area contributed by atoms with Gasteiger partial charge in [-0.25, -0.2) is 4.98 Å². The molecule has 21 heavy (non-hydrogen) atoms. The van der Waals surface area contributed by atoms with E-state index in [4.69, 9.17) is 4.98 Å². The summed E-state index contributed by atoms with van der Waals surface area (Å²) in [5.74, 6) is 0.978. The van der Waals surface area contributed by atoms with Gasteiger partial charge >= 0.3 is 0 Å². The maximum absolute atomic E-state index is 10.0. The minimum absolute atomic E-state index is 0.416. The van der Waals surface area contributed by atoms with Crippen LogP contribution in [0.25, 0.3) is 0 Å². The first-order valence-corrected chi connectivity index (χ1v) is 7.71. The molecule has 1 aliphatic heterocycles. The number of para-hydroxylation sites is 1. The molecule has 0 aliphatic carbocycles. The van der Waals surface area contributed by atoms with E-state index in [9.17, 15) is 5.11 Å². The number of aryl methyl sites for hydroxylation is 2. The minimum atomic E-state index is -0.416. The van der Waals surface area contributed by atoms with Crippen molar-refractivity contribution in [3.8, 4) is 0 Å². The summed E-state index contributed by atoms with van der Waals surface area (Å²) in [6.45, 7) is 4.96. The lowest BCUT2D eigenvalue weighted by atomic mass is 10.0. The van der Waals surface area contributed by atoms with Crippen LogP contribution < -0.4 is 4.90 Å². The van der Waals surface area contributed by atoms with Gasteiger partial charge in [-0.3, -0.25) is 0 Å². The zero-order chi connectivity index (χ0) is 14.8. The number of hydrogen-bond donors (Lipinski definition) is 1. The molecule has 0 radical (unpaired) electrons. The lowest BCUT2D eigenvalue weighted by Crippen LogP contribution is -2.25. The molecular weight excluding hydrogens is 260 g/mol. The molecule has 3 nitrogen and oxygen atoms in total. The highest BCUT2D eigenvalue weighted by molar-refractivity contribution is 5.65. The topological polar surface area (TPSA) is 36.4 Å². The van der Waals surface area contributed by atoms with Crippen LogP contribution in [0.5, 0.6) is 0 Å². The monoisotopic (exact) mass is 282 g/mol. The van der Waals surface area contributed by atoms with Crippen LogP contribution in [-0.2, 0) is 6.42 Å². The van der Waals surface area contributed by atoms with Crippen molar-refractivity contribution in [1.29, 1.82) is 0 Å². The first-order valence-electron chi connectivity index (χ1n) is 7.71.